The van der Waals surface area contributed by atoms with Gasteiger partial charge in [-0.1, -0.05) is 140 Å². The Kier molecular flexibility index (Phi) is 5.57. The highest BCUT2D eigenvalue weighted by Crippen LogP contribution is 2.49. The fourth-order valence-corrected chi connectivity index (χ4v) is 9.36. The Labute approximate surface area is 285 Å². The SMILES string of the molecule is c1ccc(-c2nc(-c3ccc4c(c3)c3ccccc3c3c4ccc4sc5c6ccccc6c6ccccc6c5c43)nc3ccccc23)cc1. The van der Waals surface area contributed by atoms with Crippen molar-refractivity contribution >= 4 is 96.3 Å². The number of hydrogen-bond acceptors (Lipinski definition) is 3. The fraction of sp³-hybridized carbons (Fsp3) is 0. The van der Waals surface area contributed by atoms with Gasteiger partial charge < -0.3 is 0 Å². The molecular formula is C46H26N2S. The second-order valence-electron chi connectivity index (χ2n) is 12.8. The Morgan fingerprint density at radius 3 is 1.67 bits per heavy atom. The van der Waals surface area contributed by atoms with Crippen molar-refractivity contribution in [2.45, 2.75) is 0 Å². The number of para-hydroxylation sites is 1. The molecule has 0 N–H and O–H groups in total. The van der Waals surface area contributed by atoms with Crippen LogP contribution in [-0.2, 0) is 0 Å². The second-order valence-corrected chi connectivity index (χ2v) is 13.9. The van der Waals surface area contributed by atoms with Gasteiger partial charge in [-0.15, -0.1) is 11.3 Å². The first-order valence-corrected chi connectivity index (χ1v) is 17.5. The molecule has 0 amide bonds. The first kappa shape index (κ1) is 26.9. The molecule has 9 aromatic carbocycles. The molecule has 11 aromatic rings. The zero-order valence-electron chi connectivity index (χ0n) is 26.3. The smallest absolute Gasteiger partial charge is 0.160 e. The number of benzene rings is 9. The summed E-state index contributed by atoms with van der Waals surface area (Å²) in [5.74, 6) is 0.737. The first-order chi connectivity index (χ1) is 24.3. The van der Waals surface area contributed by atoms with Crippen molar-refractivity contribution in [3.63, 3.8) is 0 Å². The Balaban J connectivity index is 1.25. The van der Waals surface area contributed by atoms with Crippen LogP contribution in [0.2, 0.25) is 0 Å². The predicted molar refractivity (Wildman–Crippen MR) is 211 cm³/mol. The maximum Gasteiger partial charge on any atom is 0.160 e. The number of hydrogen-bond donors (Lipinski definition) is 0. The summed E-state index contributed by atoms with van der Waals surface area (Å²) in [5.41, 5.74) is 4.00. The van der Waals surface area contributed by atoms with Gasteiger partial charge in [-0.05, 0) is 66.7 Å². The minimum absolute atomic E-state index is 0.737. The van der Waals surface area contributed by atoms with E-state index in [1.807, 2.05) is 17.4 Å². The third-order valence-electron chi connectivity index (χ3n) is 10.2. The predicted octanol–water partition coefficient (Wildman–Crippen LogP) is 13.1. The summed E-state index contributed by atoms with van der Waals surface area (Å²) in [4.78, 5) is 10.3. The quantitative estimate of drug-likeness (QED) is 0.176. The maximum atomic E-state index is 5.20. The lowest BCUT2D eigenvalue weighted by Crippen LogP contribution is -1.95. The largest absolute Gasteiger partial charge is 0.228 e. The van der Waals surface area contributed by atoms with E-state index in [1.165, 1.54) is 74.0 Å². The Hall–Kier alpha value is -6.16. The van der Waals surface area contributed by atoms with Crippen LogP contribution in [0.3, 0.4) is 0 Å². The third-order valence-corrected chi connectivity index (χ3v) is 11.4. The van der Waals surface area contributed by atoms with Gasteiger partial charge in [0, 0.05) is 42.1 Å². The highest BCUT2D eigenvalue weighted by molar-refractivity contribution is 7.27. The van der Waals surface area contributed by atoms with Crippen molar-refractivity contribution in [2.75, 3.05) is 0 Å². The molecular weight excluding hydrogens is 613 g/mol. The van der Waals surface area contributed by atoms with Crippen molar-refractivity contribution < 1.29 is 0 Å². The summed E-state index contributed by atoms with van der Waals surface area (Å²) in [6.07, 6.45) is 0. The molecule has 0 atom stereocenters. The molecule has 226 valence electrons. The number of thiophene rings is 1. The first-order valence-electron chi connectivity index (χ1n) is 16.7. The van der Waals surface area contributed by atoms with E-state index in [1.54, 1.807) is 0 Å². The van der Waals surface area contributed by atoms with E-state index in [0.717, 1.165) is 33.5 Å². The lowest BCUT2D eigenvalue weighted by molar-refractivity contribution is 1.23. The average molecular weight is 639 g/mol. The highest BCUT2D eigenvalue weighted by Gasteiger charge is 2.20. The molecule has 2 heterocycles. The van der Waals surface area contributed by atoms with Crippen molar-refractivity contribution in [2.24, 2.45) is 0 Å². The van der Waals surface area contributed by atoms with Crippen LogP contribution >= 0.6 is 11.3 Å². The zero-order valence-corrected chi connectivity index (χ0v) is 27.1. The second kappa shape index (κ2) is 10.2. The number of fused-ring (bicyclic) bond motifs is 16. The molecule has 11 rings (SSSR count). The van der Waals surface area contributed by atoms with E-state index in [2.05, 4.69) is 152 Å². The molecule has 0 spiro atoms. The van der Waals surface area contributed by atoms with Crippen LogP contribution in [0.1, 0.15) is 0 Å². The minimum Gasteiger partial charge on any atom is -0.228 e. The molecule has 0 aliphatic carbocycles. The standard InChI is InChI=1S/C46H26N2S/c1-2-12-27(13-3-1)44-37-20-10-11-21-39(37)47-46(48-44)28-22-23-32-35-24-25-40-43(41(35)33-17-7-5-16-31(33)38(32)26-28)42-34-18-8-4-14-29(34)30-15-6-9-19-36(30)45(42)49-40/h1-26H. The Morgan fingerprint density at radius 1 is 0.347 bits per heavy atom. The van der Waals surface area contributed by atoms with Gasteiger partial charge in [0.15, 0.2) is 5.82 Å². The van der Waals surface area contributed by atoms with Crippen LogP contribution in [0.25, 0.3) is 108 Å². The van der Waals surface area contributed by atoms with E-state index in [0.29, 0.717) is 0 Å². The molecule has 0 saturated heterocycles. The van der Waals surface area contributed by atoms with Gasteiger partial charge in [-0.2, -0.15) is 0 Å². The minimum atomic E-state index is 0.737. The molecule has 0 aliphatic heterocycles. The molecule has 0 aliphatic rings. The summed E-state index contributed by atoms with van der Waals surface area (Å²) < 4.78 is 2.68. The third kappa shape index (κ3) is 3.82. The lowest BCUT2D eigenvalue weighted by atomic mass is 9.89. The molecule has 0 fully saturated rings. The molecule has 2 nitrogen and oxygen atoms in total. The molecule has 3 heteroatoms. The summed E-state index contributed by atoms with van der Waals surface area (Å²) >= 11 is 1.92. The zero-order chi connectivity index (χ0) is 32.1. The summed E-state index contributed by atoms with van der Waals surface area (Å²) in [6.45, 7) is 0. The van der Waals surface area contributed by atoms with E-state index in [9.17, 15) is 0 Å². The van der Waals surface area contributed by atoms with E-state index in [-0.39, 0.29) is 0 Å². The van der Waals surface area contributed by atoms with Crippen molar-refractivity contribution in [3.05, 3.63) is 158 Å². The van der Waals surface area contributed by atoms with Gasteiger partial charge in [-0.3, -0.25) is 0 Å². The average Bonchev–Trinajstić information content (AvgIpc) is 3.58. The van der Waals surface area contributed by atoms with Crippen molar-refractivity contribution in [3.8, 4) is 22.6 Å². The lowest BCUT2D eigenvalue weighted by Gasteiger charge is -2.14. The highest BCUT2D eigenvalue weighted by atomic mass is 32.1. The van der Waals surface area contributed by atoms with Crippen LogP contribution in [0.5, 0.6) is 0 Å². The Bertz CT molecular complexity index is 3140. The molecule has 49 heavy (non-hydrogen) atoms. The molecule has 0 radical (unpaired) electrons. The molecule has 0 saturated carbocycles. The Morgan fingerprint density at radius 2 is 0.898 bits per heavy atom. The van der Waals surface area contributed by atoms with Crippen LogP contribution in [0.15, 0.2) is 158 Å². The topological polar surface area (TPSA) is 25.8 Å². The van der Waals surface area contributed by atoms with Gasteiger partial charge in [0.25, 0.3) is 0 Å². The maximum absolute atomic E-state index is 5.20. The molecule has 2 aromatic heterocycles. The van der Waals surface area contributed by atoms with Crippen molar-refractivity contribution in [1.29, 1.82) is 0 Å². The van der Waals surface area contributed by atoms with Crippen LogP contribution in [-0.4, -0.2) is 9.97 Å². The summed E-state index contributed by atoms with van der Waals surface area (Å²) in [5, 5.41) is 16.6. The summed E-state index contributed by atoms with van der Waals surface area (Å²) in [6, 6.07) is 56.9. The van der Waals surface area contributed by atoms with Gasteiger partial charge in [0.05, 0.1) is 11.2 Å². The fourth-order valence-electron chi connectivity index (χ4n) is 8.09. The monoisotopic (exact) mass is 638 g/mol. The van der Waals surface area contributed by atoms with Crippen molar-refractivity contribution in [1.82, 2.24) is 9.97 Å². The van der Waals surface area contributed by atoms with Gasteiger partial charge in [0.1, 0.15) is 0 Å². The van der Waals surface area contributed by atoms with E-state index in [4.69, 9.17) is 9.97 Å². The van der Waals surface area contributed by atoms with Gasteiger partial charge in [-0.25, -0.2) is 9.97 Å². The van der Waals surface area contributed by atoms with Gasteiger partial charge in [0.2, 0.25) is 0 Å². The number of nitrogens with zero attached hydrogens (tertiary/aromatic N) is 2. The number of rotatable bonds is 2. The molecule has 0 bridgehead atoms. The van der Waals surface area contributed by atoms with E-state index >= 15 is 0 Å². The van der Waals surface area contributed by atoms with Crippen LogP contribution in [0, 0.1) is 0 Å². The van der Waals surface area contributed by atoms with Crippen LogP contribution < -0.4 is 0 Å². The summed E-state index contributed by atoms with van der Waals surface area (Å²) in [7, 11) is 0. The molecule has 0 unspecified atom stereocenters. The number of aromatic nitrogens is 2. The normalized spacial score (nSPS) is 12.1. The van der Waals surface area contributed by atoms with E-state index < -0.39 is 0 Å². The van der Waals surface area contributed by atoms with Crippen LogP contribution in [0.4, 0.5) is 0 Å². The van der Waals surface area contributed by atoms with Gasteiger partial charge >= 0.3 is 0 Å².